The van der Waals surface area contributed by atoms with Crippen molar-refractivity contribution in [2.24, 2.45) is 10.7 Å². The quantitative estimate of drug-likeness (QED) is 0.514. The lowest BCUT2D eigenvalue weighted by Gasteiger charge is -2.07. The van der Waals surface area contributed by atoms with Gasteiger partial charge in [0.15, 0.2) is 5.96 Å². The van der Waals surface area contributed by atoms with E-state index < -0.39 is 5.97 Å². The van der Waals surface area contributed by atoms with Gasteiger partial charge in [0, 0.05) is 5.69 Å². The highest BCUT2D eigenvalue weighted by atomic mass is 16.5. The average molecular weight is 301 g/mol. The molecule has 1 heterocycles. The van der Waals surface area contributed by atoms with Gasteiger partial charge in [0.05, 0.1) is 7.11 Å². The predicted octanol–water partition coefficient (Wildman–Crippen LogP) is 2.61. The van der Waals surface area contributed by atoms with Crippen LogP contribution in [0.2, 0.25) is 0 Å². The van der Waals surface area contributed by atoms with Crippen LogP contribution in [0.1, 0.15) is 27.4 Å². The molecule has 0 unspecified atom stereocenters. The first-order chi connectivity index (χ1) is 10.5. The number of aliphatic imine (C=N–C) groups is 1. The van der Waals surface area contributed by atoms with Gasteiger partial charge >= 0.3 is 5.97 Å². The number of aryl methyl sites for hydroxylation is 2. The largest absolute Gasteiger partial charge is 0.463 e. The molecule has 0 aliphatic rings. The summed E-state index contributed by atoms with van der Waals surface area (Å²) < 4.78 is 9.88. The summed E-state index contributed by atoms with van der Waals surface area (Å²) in [6.45, 7) is 4.27. The van der Waals surface area contributed by atoms with E-state index >= 15 is 0 Å². The first-order valence-corrected chi connectivity index (χ1v) is 6.80. The molecular formula is C16H19N3O3. The van der Waals surface area contributed by atoms with E-state index in [9.17, 15) is 4.79 Å². The van der Waals surface area contributed by atoms with Gasteiger partial charge in [-0.05, 0) is 49.2 Å². The number of nitrogens with one attached hydrogen (secondary N) is 1. The third-order valence-corrected chi connectivity index (χ3v) is 2.95. The molecule has 0 saturated carbocycles. The van der Waals surface area contributed by atoms with E-state index in [1.54, 1.807) is 12.1 Å². The molecule has 0 aliphatic heterocycles. The Hall–Kier alpha value is -2.76. The highest BCUT2D eigenvalue weighted by Crippen LogP contribution is 2.14. The number of nitrogens with two attached hydrogens (primary N) is 1. The van der Waals surface area contributed by atoms with E-state index in [2.05, 4.69) is 21.1 Å². The maximum absolute atomic E-state index is 11.3. The Morgan fingerprint density at radius 1 is 1.27 bits per heavy atom. The Labute approximate surface area is 129 Å². The second-order valence-electron chi connectivity index (χ2n) is 4.96. The minimum Gasteiger partial charge on any atom is -0.463 e. The average Bonchev–Trinajstić information content (AvgIpc) is 2.92. The number of hydrogen-bond donors (Lipinski definition) is 2. The molecule has 22 heavy (non-hydrogen) atoms. The number of ether oxygens (including phenoxy) is 1. The van der Waals surface area contributed by atoms with Gasteiger partial charge in [-0.2, -0.15) is 0 Å². The van der Waals surface area contributed by atoms with Gasteiger partial charge in [-0.15, -0.1) is 0 Å². The number of furan rings is 1. The van der Waals surface area contributed by atoms with Crippen LogP contribution in [-0.2, 0) is 11.3 Å². The first-order valence-electron chi connectivity index (χ1n) is 6.80. The maximum Gasteiger partial charge on any atom is 0.373 e. The van der Waals surface area contributed by atoms with Crippen molar-refractivity contribution < 1.29 is 13.9 Å². The summed E-state index contributed by atoms with van der Waals surface area (Å²) in [6.07, 6.45) is 0. The molecule has 1 aromatic heterocycles. The van der Waals surface area contributed by atoms with Gasteiger partial charge in [0.2, 0.25) is 5.76 Å². The zero-order chi connectivity index (χ0) is 16.1. The van der Waals surface area contributed by atoms with E-state index in [4.69, 9.17) is 10.2 Å². The molecule has 0 amide bonds. The summed E-state index contributed by atoms with van der Waals surface area (Å²) in [7, 11) is 1.30. The van der Waals surface area contributed by atoms with Crippen molar-refractivity contribution >= 4 is 17.6 Å². The Morgan fingerprint density at radius 2 is 1.95 bits per heavy atom. The zero-order valence-electron chi connectivity index (χ0n) is 12.8. The Morgan fingerprint density at radius 3 is 2.59 bits per heavy atom. The minimum absolute atomic E-state index is 0.147. The third kappa shape index (κ3) is 4.12. The summed E-state index contributed by atoms with van der Waals surface area (Å²) in [4.78, 5) is 15.5. The van der Waals surface area contributed by atoms with Gasteiger partial charge in [-0.25, -0.2) is 9.79 Å². The third-order valence-electron chi connectivity index (χ3n) is 2.95. The topological polar surface area (TPSA) is 89.8 Å². The Kier molecular flexibility index (Phi) is 4.83. The fourth-order valence-corrected chi connectivity index (χ4v) is 2.07. The number of carbonyl (C=O) groups is 1. The molecular weight excluding hydrogens is 282 g/mol. The van der Waals surface area contributed by atoms with Crippen molar-refractivity contribution in [3.05, 3.63) is 53.0 Å². The summed E-state index contributed by atoms with van der Waals surface area (Å²) >= 11 is 0. The fraction of sp³-hybridized carbons (Fsp3) is 0.250. The standard InChI is InChI=1S/C16H19N3O3/c1-10-6-11(2)8-12(7-10)19-16(17)18-9-13-4-5-14(22-13)15(20)21-3/h4-8H,9H2,1-3H3,(H3,17,18,19). The molecule has 6 heteroatoms. The van der Waals surface area contributed by atoms with Gasteiger partial charge in [0.25, 0.3) is 0 Å². The van der Waals surface area contributed by atoms with Crippen molar-refractivity contribution in [2.75, 3.05) is 12.4 Å². The van der Waals surface area contributed by atoms with Crippen LogP contribution in [0.3, 0.4) is 0 Å². The number of guanidine groups is 1. The molecule has 0 spiro atoms. The second-order valence-corrected chi connectivity index (χ2v) is 4.96. The van der Waals surface area contributed by atoms with E-state index in [0.717, 1.165) is 16.8 Å². The Bertz CT molecular complexity index is 684. The predicted molar refractivity (Wildman–Crippen MR) is 84.9 cm³/mol. The van der Waals surface area contributed by atoms with Gasteiger partial charge < -0.3 is 20.2 Å². The number of hydrogen-bond acceptors (Lipinski definition) is 4. The van der Waals surface area contributed by atoms with E-state index in [1.807, 2.05) is 26.0 Å². The maximum atomic E-state index is 11.3. The summed E-state index contributed by atoms with van der Waals surface area (Å²) in [5.74, 6) is 0.441. The van der Waals surface area contributed by atoms with E-state index in [0.29, 0.717) is 5.76 Å². The van der Waals surface area contributed by atoms with Gasteiger partial charge in [-0.1, -0.05) is 6.07 Å². The van der Waals surface area contributed by atoms with Crippen LogP contribution in [0, 0.1) is 13.8 Å². The van der Waals surface area contributed by atoms with Crippen LogP contribution >= 0.6 is 0 Å². The minimum atomic E-state index is -0.517. The van der Waals surface area contributed by atoms with E-state index in [1.165, 1.54) is 7.11 Å². The molecule has 0 fully saturated rings. The lowest BCUT2D eigenvalue weighted by atomic mass is 10.1. The second kappa shape index (κ2) is 6.80. The smallest absolute Gasteiger partial charge is 0.373 e. The Balaban J connectivity index is 2.00. The van der Waals surface area contributed by atoms with Crippen LogP contribution in [0.5, 0.6) is 0 Å². The molecule has 0 radical (unpaired) electrons. The molecule has 3 N–H and O–H groups in total. The monoisotopic (exact) mass is 301 g/mol. The van der Waals surface area contributed by atoms with Crippen molar-refractivity contribution in [1.82, 2.24) is 0 Å². The zero-order valence-corrected chi connectivity index (χ0v) is 12.8. The summed E-state index contributed by atoms with van der Waals surface area (Å²) in [5, 5.41) is 3.03. The van der Waals surface area contributed by atoms with Crippen molar-refractivity contribution in [3.8, 4) is 0 Å². The lowest BCUT2D eigenvalue weighted by molar-refractivity contribution is 0.0563. The van der Waals surface area contributed by atoms with Crippen LogP contribution in [0.15, 0.2) is 39.7 Å². The number of methoxy groups -OCH3 is 1. The fourth-order valence-electron chi connectivity index (χ4n) is 2.07. The van der Waals surface area contributed by atoms with E-state index in [-0.39, 0.29) is 18.3 Å². The molecule has 1 aromatic carbocycles. The van der Waals surface area contributed by atoms with Crippen molar-refractivity contribution in [3.63, 3.8) is 0 Å². The van der Waals surface area contributed by atoms with Crippen LogP contribution in [0.4, 0.5) is 5.69 Å². The number of anilines is 1. The number of esters is 1. The first kappa shape index (κ1) is 15.6. The highest BCUT2D eigenvalue weighted by molar-refractivity contribution is 5.92. The van der Waals surface area contributed by atoms with Crippen molar-refractivity contribution in [2.45, 2.75) is 20.4 Å². The summed E-state index contributed by atoms with van der Waals surface area (Å²) in [5.41, 5.74) is 9.02. The molecule has 0 atom stereocenters. The SMILES string of the molecule is COC(=O)c1ccc(CN=C(N)Nc2cc(C)cc(C)c2)o1. The number of rotatable bonds is 4. The van der Waals surface area contributed by atoms with Crippen LogP contribution in [0.25, 0.3) is 0 Å². The molecule has 0 aliphatic carbocycles. The highest BCUT2D eigenvalue weighted by Gasteiger charge is 2.10. The normalized spacial score (nSPS) is 11.3. The molecule has 0 saturated heterocycles. The molecule has 2 aromatic rings. The molecule has 0 bridgehead atoms. The van der Waals surface area contributed by atoms with Gasteiger partial charge in [-0.3, -0.25) is 0 Å². The van der Waals surface area contributed by atoms with Crippen molar-refractivity contribution in [1.29, 1.82) is 0 Å². The number of carbonyl (C=O) groups excluding carboxylic acids is 1. The molecule has 6 nitrogen and oxygen atoms in total. The molecule has 116 valence electrons. The number of nitrogens with zero attached hydrogens (tertiary/aromatic N) is 1. The summed E-state index contributed by atoms with van der Waals surface area (Å²) in [6, 6.07) is 9.26. The van der Waals surface area contributed by atoms with Gasteiger partial charge in [0.1, 0.15) is 12.3 Å². The lowest BCUT2D eigenvalue weighted by Crippen LogP contribution is -2.22. The van der Waals surface area contributed by atoms with Crippen LogP contribution in [-0.4, -0.2) is 19.0 Å². The van der Waals surface area contributed by atoms with Crippen LogP contribution < -0.4 is 11.1 Å². The molecule has 2 rings (SSSR count). The number of benzene rings is 1.